The van der Waals surface area contributed by atoms with E-state index in [1.54, 1.807) is 0 Å². The summed E-state index contributed by atoms with van der Waals surface area (Å²) in [6, 6.07) is 8.36. The molecule has 4 nitrogen and oxygen atoms in total. The van der Waals surface area contributed by atoms with Crippen LogP contribution in [0.3, 0.4) is 0 Å². The van der Waals surface area contributed by atoms with E-state index < -0.39 is 0 Å². The Labute approximate surface area is 112 Å². The van der Waals surface area contributed by atoms with Crippen LogP contribution in [0.2, 0.25) is 0 Å². The Balaban J connectivity index is 2.26. The summed E-state index contributed by atoms with van der Waals surface area (Å²) in [7, 11) is 4.02. The number of aromatic nitrogens is 3. The van der Waals surface area contributed by atoms with Crippen LogP contribution < -0.4 is 5.32 Å². The molecule has 0 aliphatic rings. The highest BCUT2D eigenvalue weighted by atomic mass is 15.1. The topological polar surface area (TPSA) is 45.6 Å². The van der Waals surface area contributed by atoms with Crippen LogP contribution in [0.15, 0.2) is 30.5 Å². The number of imidazole rings is 1. The average Bonchev–Trinajstić information content (AvgIpc) is 2.93. The molecule has 2 aromatic heterocycles. The van der Waals surface area contributed by atoms with E-state index in [0.29, 0.717) is 0 Å². The number of aryl methyl sites for hydroxylation is 1. The minimum Gasteiger partial charge on any atom is -0.360 e. The van der Waals surface area contributed by atoms with Gasteiger partial charge in [-0.2, -0.15) is 0 Å². The van der Waals surface area contributed by atoms with Gasteiger partial charge in [-0.1, -0.05) is 18.2 Å². The predicted molar refractivity (Wildman–Crippen MR) is 78.0 cm³/mol. The summed E-state index contributed by atoms with van der Waals surface area (Å²) in [6.45, 7) is 2.81. The molecule has 4 heteroatoms. The van der Waals surface area contributed by atoms with Gasteiger partial charge < -0.3 is 14.9 Å². The molecule has 1 aromatic carbocycles. The second-order valence-corrected chi connectivity index (χ2v) is 4.79. The van der Waals surface area contributed by atoms with Gasteiger partial charge in [0.1, 0.15) is 5.82 Å². The molecule has 0 aliphatic heterocycles. The molecular weight excluding hydrogens is 236 g/mol. The lowest BCUT2D eigenvalue weighted by Gasteiger charge is -2.05. The molecule has 0 spiro atoms. The van der Waals surface area contributed by atoms with E-state index in [2.05, 4.69) is 51.3 Å². The number of aromatic amines is 1. The molecule has 3 aromatic rings. The highest BCUT2D eigenvalue weighted by Crippen LogP contribution is 2.31. The van der Waals surface area contributed by atoms with Crippen molar-refractivity contribution in [3.63, 3.8) is 0 Å². The molecule has 3 rings (SSSR count). The molecule has 19 heavy (non-hydrogen) atoms. The maximum absolute atomic E-state index is 4.65. The first-order chi connectivity index (χ1) is 9.22. The third kappa shape index (κ3) is 1.85. The van der Waals surface area contributed by atoms with Gasteiger partial charge in [0.05, 0.1) is 11.4 Å². The van der Waals surface area contributed by atoms with Crippen LogP contribution in [-0.4, -0.2) is 21.6 Å². The second kappa shape index (κ2) is 4.55. The molecule has 0 bridgehead atoms. The Kier molecular flexibility index (Phi) is 2.87. The van der Waals surface area contributed by atoms with Crippen LogP contribution in [0, 0.1) is 6.92 Å². The zero-order valence-corrected chi connectivity index (χ0v) is 11.5. The van der Waals surface area contributed by atoms with Crippen LogP contribution in [0.25, 0.3) is 22.2 Å². The van der Waals surface area contributed by atoms with Crippen molar-refractivity contribution in [3.05, 3.63) is 42.0 Å². The fraction of sp³-hybridized carbons (Fsp3) is 0.267. The lowest BCUT2D eigenvalue weighted by atomic mass is 10.1. The molecule has 0 amide bonds. The van der Waals surface area contributed by atoms with Crippen molar-refractivity contribution < 1.29 is 0 Å². The Bertz CT molecular complexity index is 721. The first-order valence-corrected chi connectivity index (χ1v) is 6.45. The Morgan fingerprint density at radius 3 is 2.89 bits per heavy atom. The molecule has 98 valence electrons. The molecule has 0 aliphatic carbocycles. The highest BCUT2D eigenvalue weighted by molar-refractivity contribution is 5.95. The largest absolute Gasteiger partial charge is 0.360 e. The molecule has 0 radical (unpaired) electrons. The van der Waals surface area contributed by atoms with Gasteiger partial charge in [-0.15, -0.1) is 0 Å². The quantitative estimate of drug-likeness (QED) is 0.754. The number of rotatable bonds is 3. The van der Waals surface area contributed by atoms with Gasteiger partial charge in [-0.3, -0.25) is 0 Å². The fourth-order valence-corrected chi connectivity index (χ4v) is 2.57. The van der Waals surface area contributed by atoms with Gasteiger partial charge in [0.25, 0.3) is 0 Å². The van der Waals surface area contributed by atoms with Gasteiger partial charge in [0, 0.05) is 36.3 Å². The maximum atomic E-state index is 4.65. The third-order valence-electron chi connectivity index (χ3n) is 3.58. The molecule has 2 heterocycles. The average molecular weight is 254 g/mol. The minimum absolute atomic E-state index is 0.774. The van der Waals surface area contributed by atoms with Crippen molar-refractivity contribution in [1.29, 1.82) is 0 Å². The molecule has 2 N–H and O–H groups in total. The van der Waals surface area contributed by atoms with Crippen LogP contribution in [0.4, 0.5) is 0 Å². The second-order valence-electron chi connectivity index (χ2n) is 4.79. The number of H-pyrrole nitrogens is 1. The summed E-state index contributed by atoms with van der Waals surface area (Å²) in [4.78, 5) is 7.98. The van der Waals surface area contributed by atoms with Crippen LogP contribution in [0.5, 0.6) is 0 Å². The van der Waals surface area contributed by atoms with Crippen molar-refractivity contribution in [2.24, 2.45) is 7.05 Å². The number of benzene rings is 1. The van der Waals surface area contributed by atoms with Crippen LogP contribution in [0.1, 0.15) is 11.5 Å². The van der Waals surface area contributed by atoms with Gasteiger partial charge in [0.2, 0.25) is 0 Å². The number of nitrogens with zero attached hydrogens (tertiary/aromatic N) is 2. The highest BCUT2D eigenvalue weighted by Gasteiger charge is 2.16. The third-order valence-corrected chi connectivity index (χ3v) is 3.58. The maximum Gasteiger partial charge on any atom is 0.106 e. The lowest BCUT2D eigenvalue weighted by molar-refractivity contribution is 0.796. The predicted octanol–water partition coefficient (Wildman–Crippen LogP) is 2.60. The fourth-order valence-electron chi connectivity index (χ4n) is 2.57. The van der Waals surface area contributed by atoms with E-state index in [9.17, 15) is 0 Å². The van der Waals surface area contributed by atoms with Gasteiger partial charge in [-0.05, 0) is 20.0 Å². The number of hydrogen-bond donors (Lipinski definition) is 2. The molecule has 0 unspecified atom stereocenters. The van der Waals surface area contributed by atoms with Crippen molar-refractivity contribution in [3.8, 4) is 11.3 Å². The Morgan fingerprint density at radius 2 is 2.11 bits per heavy atom. The summed E-state index contributed by atoms with van der Waals surface area (Å²) >= 11 is 0. The summed E-state index contributed by atoms with van der Waals surface area (Å²) in [5.74, 6) is 1.03. The van der Waals surface area contributed by atoms with E-state index in [0.717, 1.165) is 23.6 Å². The van der Waals surface area contributed by atoms with E-state index in [-0.39, 0.29) is 0 Å². The van der Waals surface area contributed by atoms with Crippen molar-refractivity contribution in [1.82, 2.24) is 19.9 Å². The Morgan fingerprint density at radius 1 is 1.32 bits per heavy atom. The molecule has 0 saturated heterocycles. The minimum atomic E-state index is 0.774. The zero-order valence-electron chi connectivity index (χ0n) is 11.5. The number of nitrogens with one attached hydrogen (secondary N) is 2. The standard InChI is InChI=1S/C15H18N4/c1-10-18-14(9-16-2)15(19(10)3)12-8-17-13-7-5-4-6-11(12)13/h4-8,16-17H,9H2,1-3H3. The van der Waals surface area contributed by atoms with Crippen LogP contribution >= 0.6 is 0 Å². The Hall–Kier alpha value is -2.07. The summed E-state index contributed by atoms with van der Waals surface area (Å²) in [5.41, 5.74) is 4.65. The number of hydrogen-bond acceptors (Lipinski definition) is 2. The van der Waals surface area contributed by atoms with Gasteiger partial charge in [0.15, 0.2) is 0 Å². The lowest BCUT2D eigenvalue weighted by Crippen LogP contribution is -2.07. The van der Waals surface area contributed by atoms with Crippen LogP contribution in [-0.2, 0) is 13.6 Å². The van der Waals surface area contributed by atoms with E-state index >= 15 is 0 Å². The van der Waals surface area contributed by atoms with E-state index in [1.807, 2.05) is 20.0 Å². The molecular formula is C15H18N4. The monoisotopic (exact) mass is 254 g/mol. The summed E-state index contributed by atoms with van der Waals surface area (Å²) in [6.07, 6.45) is 2.07. The van der Waals surface area contributed by atoms with Crippen molar-refractivity contribution >= 4 is 10.9 Å². The van der Waals surface area contributed by atoms with Gasteiger partial charge >= 0.3 is 0 Å². The number of para-hydroxylation sites is 1. The molecule has 0 atom stereocenters. The first-order valence-electron chi connectivity index (χ1n) is 6.45. The zero-order chi connectivity index (χ0) is 13.4. The molecule has 0 fully saturated rings. The van der Waals surface area contributed by atoms with E-state index in [1.165, 1.54) is 16.6 Å². The molecule has 0 saturated carbocycles. The normalized spacial score (nSPS) is 11.3. The van der Waals surface area contributed by atoms with E-state index in [4.69, 9.17) is 0 Å². The first kappa shape index (κ1) is 12.0. The number of fused-ring (bicyclic) bond motifs is 1. The summed E-state index contributed by atoms with van der Waals surface area (Å²) < 4.78 is 2.16. The van der Waals surface area contributed by atoms with Crippen molar-refractivity contribution in [2.75, 3.05) is 7.05 Å². The summed E-state index contributed by atoms with van der Waals surface area (Å²) in [5, 5.41) is 4.43. The van der Waals surface area contributed by atoms with Crippen molar-refractivity contribution in [2.45, 2.75) is 13.5 Å². The smallest absolute Gasteiger partial charge is 0.106 e. The SMILES string of the molecule is CNCc1nc(C)n(C)c1-c1c[nH]c2ccccc12. The van der Waals surface area contributed by atoms with Gasteiger partial charge in [-0.25, -0.2) is 4.98 Å².